The molecule has 0 amide bonds. The molecule has 8 heteroatoms. The van der Waals surface area contributed by atoms with Gasteiger partial charge in [0.05, 0.1) is 0 Å². The summed E-state index contributed by atoms with van der Waals surface area (Å²) in [6.45, 7) is 2.62. The van der Waals surface area contributed by atoms with Crippen LogP contribution in [-0.2, 0) is 0 Å². The number of anilines is 3. The van der Waals surface area contributed by atoms with Crippen molar-refractivity contribution in [2.45, 2.75) is 12.1 Å². The molecular weight excluding hydrogens is 362 g/mol. The number of nitrogens with zero attached hydrogens (tertiary/aromatic N) is 2. The standard InChI is InChI=1S/C13H13BrF2N4S/c1-3-17-10-6-11(20-13(19-10)21-2)18-12-8(15)4-7(14)5-9(12)16/h4-6H,3H2,1-2H3,(H2,17,18,19,20). The highest BCUT2D eigenvalue weighted by Crippen LogP contribution is 2.27. The van der Waals surface area contributed by atoms with Gasteiger partial charge in [0.1, 0.15) is 17.3 Å². The second-order valence-corrected chi connectivity index (χ2v) is 5.71. The summed E-state index contributed by atoms with van der Waals surface area (Å²) in [5, 5.41) is 6.22. The molecule has 2 aromatic rings. The van der Waals surface area contributed by atoms with Gasteiger partial charge in [-0.3, -0.25) is 0 Å². The van der Waals surface area contributed by atoms with E-state index in [1.807, 2.05) is 13.2 Å². The van der Waals surface area contributed by atoms with Crippen LogP contribution in [-0.4, -0.2) is 22.8 Å². The number of hydrogen-bond acceptors (Lipinski definition) is 5. The van der Waals surface area contributed by atoms with Gasteiger partial charge in [-0.25, -0.2) is 18.7 Å². The van der Waals surface area contributed by atoms with Gasteiger partial charge in [-0.2, -0.15) is 0 Å². The third kappa shape index (κ3) is 4.04. The maximum Gasteiger partial charge on any atom is 0.191 e. The van der Waals surface area contributed by atoms with Gasteiger partial charge in [0.2, 0.25) is 0 Å². The highest BCUT2D eigenvalue weighted by molar-refractivity contribution is 9.10. The minimum Gasteiger partial charge on any atom is -0.370 e. The molecule has 0 aliphatic heterocycles. The minimum absolute atomic E-state index is 0.244. The Morgan fingerprint density at radius 1 is 1.14 bits per heavy atom. The van der Waals surface area contributed by atoms with Crippen LogP contribution in [0.1, 0.15) is 6.92 Å². The van der Waals surface area contributed by atoms with Crippen LogP contribution in [0.25, 0.3) is 0 Å². The number of rotatable bonds is 5. The van der Waals surface area contributed by atoms with Crippen molar-refractivity contribution in [3.8, 4) is 0 Å². The normalized spacial score (nSPS) is 10.5. The molecule has 2 rings (SSSR count). The Bertz CT molecular complexity index is 631. The van der Waals surface area contributed by atoms with Gasteiger partial charge in [-0.15, -0.1) is 0 Å². The number of hydrogen-bond donors (Lipinski definition) is 2. The van der Waals surface area contributed by atoms with Crippen molar-refractivity contribution >= 4 is 45.0 Å². The second-order valence-electron chi connectivity index (χ2n) is 4.02. The topological polar surface area (TPSA) is 49.8 Å². The van der Waals surface area contributed by atoms with Gasteiger partial charge in [0.25, 0.3) is 0 Å². The second kappa shape index (κ2) is 7.04. The highest BCUT2D eigenvalue weighted by atomic mass is 79.9. The number of benzene rings is 1. The molecule has 0 bridgehead atoms. The minimum atomic E-state index is -0.698. The Balaban J connectivity index is 2.37. The molecule has 21 heavy (non-hydrogen) atoms. The summed E-state index contributed by atoms with van der Waals surface area (Å²) >= 11 is 4.39. The Kier molecular flexibility index (Phi) is 5.35. The van der Waals surface area contributed by atoms with Crippen molar-refractivity contribution in [3.63, 3.8) is 0 Å². The fraction of sp³-hybridized carbons (Fsp3) is 0.231. The molecule has 1 heterocycles. The number of nitrogens with one attached hydrogen (secondary N) is 2. The summed E-state index contributed by atoms with van der Waals surface area (Å²) in [6.07, 6.45) is 1.83. The number of aromatic nitrogens is 2. The zero-order chi connectivity index (χ0) is 15.4. The highest BCUT2D eigenvalue weighted by Gasteiger charge is 2.12. The molecular formula is C13H13BrF2N4S. The van der Waals surface area contributed by atoms with Crippen LogP contribution in [0.15, 0.2) is 27.8 Å². The molecule has 0 fully saturated rings. The van der Waals surface area contributed by atoms with Crippen molar-refractivity contribution in [2.75, 3.05) is 23.4 Å². The fourth-order valence-corrected chi connectivity index (χ4v) is 2.42. The average Bonchev–Trinajstić information content (AvgIpc) is 2.43. The fourth-order valence-electron chi connectivity index (χ4n) is 1.64. The largest absolute Gasteiger partial charge is 0.370 e. The van der Waals surface area contributed by atoms with Crippen LogP contribution in [0.4, 0.5) is 26.1 Å². The first kappa shape index (κ1) is 16.0. The smallest absolute Gasteiger partial charge is 0.191 e. The van der Waals surface area contributed by atoms with Crippen molar-refractivity contribution in [1.82, 2.24) is 9.97 Å². The molecule has 2 N–H and O–H groups in total. The van der Waals surface area contributed by atoms with Gasteiger partial charge >= 0.3 is 0 Å². The third-order valence-corrected chi connectivity index (χ3v) is 3.51. The SMILES string of the molecule is CCNc1cc(Nc2c(F)cc(Br)cc2F)nc(SC)n1. The van der Waals surface area contributed by atoms with E-state index in [2.05, 4.69) is 36.5 Å². The van der Waals surface area contributed by atoms with Gasteiger partial charge in [0, 0.05) is 17.1 Å². The van der Waals surface area contributed by atoms with Gasteiger partial charge in [-0.05, 0) is 25.3 Å². The van der Waals surface area contributed by atoms with E-state index in [9.17, 15) is 8.78 Å². The maximum atomic E-state index is 13.8. The molecule has 1 aromatic heterocycles. The zero-order valence-electron chi connectivity index (χ0n) is 11.4. The lowest BCUT2D eigenvalue weighted by atomic mass is 10.3. The number of thioether (sulfide) groups is 1. The summed E-state index contributed by atoms with van der Waals surface area (Å²) in [5.41, 5.74) is -0.244. The zero-order valence-corrected chi connectivity index (χ0v) is 13.8. The van der Waals surface area contributed by atoms with E-state index < -0.39 is 11.6 Å². The summed E-state index contributed by atoms with van der Waals surface area (Å²) in [6, 6.07) is 3.98. The monoisotopic (exact) mass is 374 g/mol. The van der Waals surface area contributed by atoms with E-state index >= 15 is 0 Å². The quantitative estimate of drug-likeness (QED) is 0.599. The Labute approximate surface area is 133 Å². The van der Waals surface area contributed by atoms with Crippen molar-refractivity contribution in [3.05, 3.63) is 34.3 Å². The Morgan fingerprint density at radius 3 is 2.33 bits per heavy atom. The van der Waals surface area contributed by atoms with E-state index in [0.717, 1.165) is 0 Å². The molecule has 112 valence electrons. The third-order valence-electron chi connectivity index (χ3n) is 2.51. The molecule has 0 radical (unpaired) electrons. The maximum absolute atomic E-state index is 13.8. The van der Waals surface area contributed by atoms with Crippen LogP contribution in [0.2, 0.25) is 0 Å². The molecule has 0 atom stereocenters. The van der Waals surface area contributed by atoms with Gasteiger partial charge in [0.15, 0.2) is 16.8 Å². The summed E-state index contributed by atoms with van der Waals surface area (Å²) < 4.78 is 28.0. The molecule has 0 saturated heterocycles. The van der Waals surface area contributed by atoms with Crippen LogP contribution in [0.3, 0.4) is 0 Å². The molecule has 4 nitrogen and oxygen atoms in total. The number of halogens is 3. The molecule has 0 unspecified atom stereocenters. The first-order valence-electron chi connectivity index (χ1n) is 6.12. The predicted molar refractivity (Wildman–Crippen MR) is 85.3 cm³/mol. The van der Waals surface area contributed by atoms with E-state index in [1.165, 1.54) is 23.9 Å². The van der Waals surface area contributed by atoms with Crippen LogP contribution in [0.5, 0.6) is 0 Å². The van der Waals surface area contributed by atoms with E-state index in [1.54, 1.807) is 6.07 Å². The van der Waals surface area contributed by atoms with Gasteiger partial charge in [-0.1, -0.05) is 27.7 Å². The Hall–Kier alpha value is -1.41. The van der Waals surface area contributed by atoms with E-state index in [4.69, 9.17) is 0 Å². The van der Waals surface area contributed by atoms with Crippen molar-refractivity contribution < 1.29 is 8.78 Å². The summed E-state index contributed by atoms with van der Waals surface area (Å²) in [5.74, 6) is -0.477. The molecule has 0 spiro atoms. The lowest BCUT2D eigenvalue weighted by molar-refractivity contribution is 0.589. The van der Waals surface area contributed by atoms with Crippen LogP contribution >= 0.6 is 27.7 Å². The predicted octanol–water partition coefficient (Wildman–Crippen LogP) is 4.41. The van der Waals surface area contributed by atoms with Crippen LogP contribution < -0.4 is 10.6 Å². The molecule has 0 saturated carbocycles. The summed E-state index contributed by atoms with van der Waals surface area (Å²) in [4.78, 5) is 8.44. The summed E-state index contributed by atoms with van der Waals surface area (Å²) in [7, 11) is 0. The Morgan fingerprint density at radius 2 is 1.76 bits per heavy atom. The van der Waals surface area contributed by atoms with Crippen molar-refractivity contribution in [1.29, 1.82) is 0 Å². The lowest BCUT2D eigenvalue weighted by Crippen LogP contribution is -2.05. The van der Waals surface area contributed by atoms with E-state index in [0.29, 0.717) is 27.8 Å². The van der Waals surface area contributed by atoms with Gasteiger partial charge < -0.3 is 10.6 Å². The molecule has 0 aliphatic carbocycles. The molecule has 0 aliphatic rings. The van der Waals surface area contributed by atoms with E-state index in [-0.39, 0.29) is 5.69 Å². The molecule has 1 aromatic carbocycles. The van der Waals surface area contributed by atoms with Crippen molar-refractivity contribution in [2.24, 2.45) is 0 Å². The average molecular weight is 375 g/mol. The first-order chi connectivity index (χ1) is 10.0. The first-order valence-corrected chi connectivity index (χ1v) is 8.13. The lowest BCUT2D eigenvalue weighted by Gasteiger charge is -2.11. The van der Waals surface area contributed by atoms with Crippen LogP contribution in [0, 0.1) is 11.6 Å².